The Kier molecular flexibility index (Phi) is 4.07. The van der Waals surface area contributed by atoms with Crippen LogP contribution in [0.2, 0.25) is 0 Å². The number of nitrogens with zero attached hydrogens (tertiary/aromatic N) is 1. The topological polar surface area (TPSA) is 68.2 Å². The van der Waals surface area contributed by atoms with E-state index in [0.29, 0.717) is 0 Å². The van der Waals surface area contributed by atoms with E-state index in [1.54, 1.807) is 6.08 Å². The van der Waals surface area contributed by atoms with Crippen LogP contribution < -0.4 is 5.32 Å². The van der Waals surface area contributed by atoms with Crippen molar-refractivity contribution < 1.29 is 13.2 Å². The highest BCUT2D eigenvalue weighted by Gasteiger charge is 2.24. The molecule has 1 aliphatic rings. The van der Waals surface area contributed by atoms with Crippen molar-refractivity contribution in [1.29, 1.82) is 0 Å². The van der Waals surface area contributed by atoms with Gasteiger partial charge in [0.25, 0.3) is 0 Å². The standard InChI is InChI=1S/C20H20N2O3S/c1-2-22-18-6-4-3-5-16(18)17-12-15(7-8-19(17)22)21-20(23)11-14-9-10-26(24,25)13-14/h3-10,12,14H,2,11,13H2,1H3,(H,21,23)/t14-/m1/s1. The number of hydrogen-bond donors (Lipinski definition) is 1. The molecule has 2 aromatic carbocycles. The fraction of sp³-hybridized carbons (Fsp3) is 0.250. The fourth-order valence-corrected chi connectivity index (χ4v) is 5.09. The second-order valence-electron chi connectivity index (χ2n) is 6.66. The number of allylic oxidation sites excluding steroid dienone is 1. The summed E-state index contributed by atoms with van der Waals surface area (Å²) < 4.78 is 25.2. The zero-order chi connectivity index (χ0) is 18.3. The molecule has 1 aliphatic heterocycles. The maximum absolute atomic E-state index is 12.3. The lowest BCUT2D eigenvalue weighted by Crippen LogP contribution is -2.17. The van der Waals surface area contributed by atoms with E-state index in [1.165, 1.54) is 10.9 Å². The van der Waals surface area contributed by atoms with E-state index in [0.717, 1.165) is 28.5 Å². The van der Waals surface area contributed by atoms with Crippen molar-refractivity contribution in [2.45, 2.75) is 19.9 Å². The van der Waals surface area contributed by atoms with Crippen molar-refractivity contribution in [3.63, 3.8) is 0 Å². The fourth-order valence-electron chi connectivity index (χ4n) is 3.69. The van der Waals surface area contributed by atoms with Gasteiger partial charge in [-0.05, 0) is 31.2 Å². The number of carbonyl (C=O) groups is 1. The first-order chi connectivity index (χ1) is 12.5. The Morgan fingerprint density at radius 1 is 1.15 bits per heavy atom. The van der Waals surface area contributed by atoms with Crippen molar-refractivity contribution in [3.05, 3.63) is 53.9 Å². The molecule has 1 atom stereocenters. The third-order valence-electron chi connectivity index (χ3n) is 4.82. The third kappa shape index (κ3) is 3.01. The molecule has 1 amide bonds. The summed E-state index contributed by atoms with van der Waals surface area (Å²) in [6, 6.07) is 14.1. The highest BCUT2D eigenvalue weighted by molar-refractivity contribution is 7.94. The van der Waals surface area contributed by atoms with Gasteiger partial charge in [-0.25, -0.2) is 8.42 Å². The average molecular weight is 368 g/mol. The normalized spacial score (nSPS) is 18.6. The van der Waals surface area contributed by atoms with Crippen LogP contribution in [0.25, 0.3) is 21.8 Å². The lowest BCUT2D eigenvalue weighted by atomic mass is 10.1. The summed E-state index contributed by atoms with van der Waals surface area (Å²) in [7, 11) is -3.13. The molecule has 6 heteroatoms. The lowest BCUT2D eigenvalue weighted by molar-refractivity contribution is -0.116. The predicted octanol–water partition coefficient (Wildman–Crippen LogP) is 3.70. The highest BCUT2D eigenvalue weighted by atomic mass is 32.2. The van der Waals surface area contributed by atoms with Crippen LogP contribution in [0.5, 0.6) is 0 Å². The van der Waals surface area contributed by atoms with Gasteiger partial charge in [0, 0.05) is 51.8 Å². The van der Waals surface area contributed by atoms with Gasteiger partial charge in [-0.2, -0.15) is 0 Å². The Morgan fingerprint density at radius 3 is 2.65 bits per heavy atom. The molecular formula is C20H20N2O3S. The Bertz CT molecular complexity index is 1140. The van der Waals surface area contributed by atoms with Crippen LogP contribution in [-0.4, -0.2) is 24.6 Å². The maximum Gasteiger partial charge on any atom is 0.224 e. The molecule has 26 heavy (non-hydrogen) atoms. The molecular weight excluding hydrogens is 348 g/mol. The van der Waals surface area contributed by atoms with Crippen LogP contribution in [0.3, 0.4) is 0 Å². The average Bonchev–Trinajstić information content (AvgIpc) is 3.11. The monoisotopic (exact) mass is 368 g/mol. The lowest BCUT2D eigenvalue weighted by Gasteiger charge is -2.09. The third-order valence-corrected chi connectivity index (χ3v) is 6.29. The number of sulfone groups is 1. The molecule has 0 bridgehead atoms. The van der Waals surface area contributed by atoms with Gasteiger partial charge in [-0.3, -0.25) is 4.79 Å². The number of amides is 1. The second-order valence-corrected chi connectivity index (χ2v) is 8.59. The highest BCUT2D eigenvalue weighted by Crippen LogP contribution is 2.31. The number of anilines is 1. The minimum Gasteiger partial charge on any atom is -0.341 e. The number of benzene rings is 2. The van der Waals surface area contributed by atoms with Crippen molar-refractivity contribution in [3.8, 4) is 0 Å². The van der Waals surface area contributed by atoms with Crippen LogP contribution in [0, 0.1) is 5.92 Å². The van der Waals surface area contributed by atoms with Crippen LogP contribution in [0.15, 0.2) is 53.9 Å². The molecule has 5 nitrogen and oxygen atoms in total. The zero-order valence-electron chi connectivity index (χ0n) is 14.5. The van der Waals surface area contributed by atoms with Crippen molar-refractivity contribution >= 4 is 43.2 Å². The van der Waals surface area contributed by atoms with Gasteiger partial charge in [0.1, 0.15) is 0 Å². The first-order valence-electron chi connectivity index (χ1n) is 8.68. The van der Waals surface area contributed by atoms with Crippen LogP contribution in [-0.2, 0) is 21.2 Å². The molecule has 134 valence electrons. The largest absolute Gasteiger partial charge is 0.341 e. The summed E-state index contributed by atoms with van der Waals surface area (Å²) in [5.41, 5.74) is 3.04. The van der Waals surface area contributed by atoms with E-state index in [9.17, 15) is 13.2 Å². The Balaban J connectivity index is 1.61. The first kappa shape index (κ1) is 16.8. The summed E-state index contributed by atoms with van der Waals surface area (Å²) in [5.74, 6) is -0.398. The van der Waals surface area contributed by atoms with Gasteiger partial charge >= 0.3 is 0 Å². The molecule has 1 N–H and O–H groups in total. The van der Waals surface area contributed by atoms with Crippen molar-refractivity contribution in [2.75, 3.05) is 11.1 Å². The minimum atomic E-state index is -3.13. The minimum absolute atomic E-state index is 0.0173. The number of aryl methyl sites for hydroxylation is 1. The van der Waals surface area contributed by atoms with E-state index in [4.69, 9.17) is 0 Å². The van der Waals surface area contributed by atoms with Crippen LogP contribution in [0.4, 0.5) is 5.69 Å². The number of hydrogen-bond acceptors (Lipinski definition) is 3. The number of carbonyl (C=O) groups excluding carboxylic acids is 1. The zero-order valence-corrected chi connectivity index (χ0v) is 15.3. The van der Waals surface area contributed by atoms with E-state index in [1.807, 2.05) is 30.3 Å². The Hall–Kier alpha value is -2.60. The smallest absolute Gasteiger partial charge is 0.224 e. The molecule has 2 heterocycles. The molecule has 3 aromatic rings. The number of aromatic nitrogens is 1. The molecule has 0 saturated carbocycles. The van der Waals surface area contributed by atoms with Gasteiger partial charge < -0.3 is 9.88 Å². The molecule has 0 saturated heterocycles. The summed E-state index contributed by atoms with van der Waals surface area (Å²) in [6.45, 7) is 2.99. The van der Waals surface area contributed by atoms with E-state index in [2.05, 4.69) is 28.9 Å². The Morgan fingerprint density at radius 2 is 1.92 bits per heavy atom. The number of rotatable bonds is 4. The van der Waals surface area contributed by atoms with Crippen LogP contribution in [0.1, 0.15) is 13.3 Å². The summed E-state index contributed by atoms with van der Waals surface area (Å²) in [5, 5.41) is 6.37. The molecule has 4 rings (SSSR count). The first-order valence-corrected chi connectivity index (χ1v) is 10.4. The van der Waals surface area contributed by atoms with Crippen LogP contribution >= 0.6 is 0 Å². The van der Waals surface area contributed by atoms with E-state index >= 15 is 0 Å². The van der Waals surface area contributed by atoms with E-state index in [-0.39, 0.29) is 24.0 Å². The van der Waals surface area contributed by atoms with Gasteiger partial charge in [-0.1, -0.05) is 24.3 Å². The molecule has 0 spiro atoms. The summed E-state index contributed by atoms with van der Waals surface area (Å²) in [6.07, 6.45) is 1.78. The summed E-state index contributed by atoms with van der Waals surface area (Å²) >= 11 is 0. The predicted molar refractivity (Wildman–Crippen MR) is 105 cm³/mol. The van der Waals surface area contributed by atoms with Gasteiger partial charge in [0.15, 0.2) is 9.84 Å². The maximum atomic E-state index is 12.3. The van der Waals surface area contributed by atoms with Gasteiger partial charge in [0.2, 0.25) is 5.91 Å². The summed E-state index contributed by atoms with van der Waals surface area (Å²) in [4.78, 5) is 12.3. The quantitative estimate of drug-likeness (QED) is 0.763. The Labute approximate surface area is 152 Å². The molecule has 0 fully saturated rings. The number of para-hydroxylation sites is 1. The molecule has 0 radical (unpaired) electrons. The van der Waals surface area contributed by atoms with Crippen molar-refractivity contribution in [2.24, 2.45) is 5.92 Å². The molecule has 0 unspecified atom stereocenters. The molecule has 1 aromatic heterocycles. The SMILES string of the molecule is CCn1c2ccccc2c2cc(NC(=O)C[C@H]3C=CS(=O)(=O)C3)ccc21. The number of nitrogens with one attached hydrogen (secondary N) is 1. The van der Waals surface area contributed by atoms with E-state index < -0.39 is 9.84 Å². The van der Waals surface area contributed by atoms with Gasteiger partial charge in [0.05, 0.1) is 5.75 Å². The second kappa shape index (κ2) is 6.29. The van der Waals surface area contributed by atoms with Crippen molar-refractivity contribution in [1.82, 2.24) is 4.57 Å². The molecule has 0 aliphatic carbocycles. The van der Waals surface area contributed by atoms with Gasteiger partial charge in [-0.15, -0.1) is 0 Å². The number of fused-ring (bicyclic) bond motifs is 3.